The van der Waals surface area contributed by atoms with E-state index in [0.717, 1.165) is 5.56 Å². The molecule has 0 heterocycles. The second kappa shape index (κ2) is 8.21. The molecule has 0 fully saturated rings. The summed E-state index contributed by atoms with van der Waals surface area (Å²) in [6.45, 7) is 2.57. The lowest BCUT2D eigenvalue weighted by Crippen LogP contribution is -2.37. The van der Waals surface area contributed by atoms with Crippen molar-refractivity contribution in [1.29, 1.82) is 0 Å². The van der Waals surface area contributed by atoms with Gasteiger partial charge in [-0.25, -0.2) is 4.39 Å². The first kappa shape index (κ1) is 16.9. The van der Waals surface area contributed by atoms with Crippen LogP contribution >= 0.6 is 0 Å². The number of aryl methyl sites for hydroxylation is 1. The fraction of sp³-hybridized carbons (Fsp3) is 0.429. The summed E-state index contributed by atoms with van der Waals surface area (Å²) in [6.07, 6.45) is 0.194. The van der Waals surface area contributed by atoms with Gasteiger partial charge in [-0.15, -0.1) is 0 Å². The highest BCUT2D eigenvalue weighted by Crippen LogP contribution is 2.13. The van der Waals surface area contributed by atoms with Crippen LogP contribution in [-0.4, -0.2) is 48.7 Å². The third kappa shape index (κ3) is 5.03. The molecule has 116 valence electrons. The number of carbonyl (C=O) groups is 1. The zero-order valence-electron chi connectivity index (χ0n) is 12.2. The lowest BCUT2D eigenvalue weighted by molar-refractivity contribution is 0.0696. The topological polar surface area (TPSA) is 88.2 Å². The molecule has 6 nitrogen and oxygen atoms in total. The Bertz CT molecular complexity index is 520. The van der Waals surface area contributed by atoms with Gasteiger partial charge >= 0.3 is 0 Å². The number of methoxy groups -OCH3 is 1. The summed E-state index contributed by atoms with van der Waals surface area (Å²) in [4.78, 5) is 13.8. The van der Waals surface area contributed by atoms with Crippen molar-refractivity contribution in [2.75, 3.05) is 26.8 Å². The highest BCUT2D eigenvalue weighted by molar-refractivity contribution is 5.95. The van der Waals surface area contributed by atoms with Crippen molar-refractivity contribution in [3.8, 4) is 0 Å². The minimum absolute atomic E-state index is 0.00351. The molecule has 3 N–H and O–H groups in total. The standard InChI is InChI=1S/C14H20FN3O3/c1-10-3-4-11(12(15)9-10)14(19)18(7-8-21-2)6-5-13(16)17-20/h3-4,9,20H,5-8H2,1-2H3,(H2,16,17). The van der Waals surface area contributed by atoms with Crippen molar-refractivity contribution in [3.63, 3.8) is 0 Å². The van der Waals surface area contributed by atoms with Crippen LogP contribution in [0.4, 0.5) is 4.39 Å². The second-order valence-electron chi connectivity index (χ2n) is 4.61. The molecule has 1 amide bonds. The Morgan fingerprint density at radius 1 is 1.48 bits per heavy atom. The van der Waals surface area contributed by atoms with Gasteiger partial charge in [0.15, 0.2) is 0 Å². The molecule has 0 saturated carbocycles. The van der Waals surface area contributed by atoms with Gasteiger partial charge in [0, 0.05) is 26.6 Å². The van der Waals surface area contributed by atoms with Crippen LogP contribution < -0.4 is 5.73 Å². The normalized spacial score (nSPS) is 11.5. The zero-order chi connectivity index (χ0) is 15.8. The van der Waals surface area contributed by atoms with E-state index in [9.17, 15) is 9.18 Å². The molecule has 21 heavy (non-hydrogen) atoms. The third-order valence-electron chi connectivity index (χ3n) is 2.97. The average Bonchev–Trinajstić information content (AvgIpc) is 2.46. The zero-order valence-corrected chi connectivity index (χ0v) is 12.2. The van der Waals surface area contributed by atoms with Gasteiger partial charge in [0.1, 0.15) is 11.7 Å². The second-order valence-corrected chi connectivity index (χ2v) is 4.61. The van der Waals surface area contributed by atoms with Crippen LogP contribution in [0.15, 0.2) is 23.4 Å². The van der Waals surface area contributed by atoms with E-state index in [4.69, 9.17) is 15.7 Å². The van der Waals surface area contributed by atoms with E-state index in [2.05, 4.69) is 5.16 Å². The van der Waals surface area contributed by atoms with Crippen molar-refractivity contribution in [1.82, 2.24) is 4.90 Å². The van der Waals surface area contributed by atoms with E-state index in [1.54, 1.807) is 13.0 Å². The number of ether oxygens (including phenoxy) is 1. The summed E-state index contributed by atoms with van der Waals surface area (Å²) in [5.41, 5.74) is 6.13. The molecule has 1 aromatic carbocycles. The fourth-order valence-corrected chi connectivity index (χ4v) is 1.78. The van der Waals surface area contributed by atoms with Gasteiger partial charge in [0.2, 0.25) is 0 Å². The van der Waals surface area contributed by atoms with Gasteiger partial charge in [0.25, 0.3) is 5.91 Å². The summed E-state index contributed by atoms with van der Waals surface area (Å²) >= 11 is 0. The maximum Gasteiger partial charge on any atom is 0.256 e. The molecule has 0 aliphatic heterocycles. The van der Waals surface area contributed by atoms with E-state index in [0.29, 0.717) is 13.2 Å². The van der Waals surface area contributed by atoms with Crippen molar-refractivity contribution < 1.29 is 19.1 Å². The monoisotopic (exact) mass is 297 g/mol. The first-order valence-electron chi connectivity index (χ1n) is 6.50. The number of hydrogen-bond acceptors (Lipinski definition) is 4. The number of halogens is 1. The summed E-state index contributed by atoms with van der Waals surface area (Å²) < 4.78 is 18.8. The molecule has 0 aromatic heterocycles. The number of nitrogens with zero attached hydrogens (tertiary/aromatic N) is 2. The van der Waals surface area contributed by atoms with Crippen molar-refractivity contribution in [2.45, 2.75) is 13.3 Å². The largest absolute Gasteiger partial charge is 0.409 e. The van der Waals surface area contributed by atoms with E-state index < -0.39 is 11.7 Å². The minimum atomic E-state index is -0.564. The number of hydrogen-bond donors (Lipinski definition) is 2. The first-order chi connectivity index (χ1) is 9.99. The summed E-state index contributed by atoms with van der Waals surface area (Å²) in [6, 6.07) is 4.44. The van der Waals surface area contributed by atoms with Gasteiger partial charge in [-0.3, -0.25) is 4.79 Å². The Labute approximate surface area is 123 Å². The van der Waals surface area contributed by atoms with Gasteiger partial charge < -0.3 is 20.6 Å². The lowest BCUT2D eigenvalue weighted by Gasteiger charge is -2.22. The SMILES string of the molecule is COCCN(CC/C(N)=N/O)C(=O)c1ccc(C)cc1F. The van der Waals surface area contributed by atoms with Crippen LogP contribution in [-0.2, 0) is 4.74 Å². The number of nitrogens with two attached hydrogens (primary N) is 1. The first-order valence-corrected chi connectivity index (χ1v) is 6.50. The molecule has 1 rings (SSSR count). The lowest BCUT2D eigenvalue weighted by atomic mass is 10.1. The highest BCUT2D eigenvalue weighted by Gasteiger charge is 2.19. The smallest absolute Gasteiger partial charge is 0.256 e. The fourth-order valence-electron chi connectivity index (χ4n) is 1.78. The van der Waals surface area contributed by atoms with E-state index in [1.165, 1.54) is 24.1 Å². The molecule has 0 spiro atoms. The predicted molar refractivity (Wildman–Crippen MR) is 76.9 cm³/mol. The Hall–Kier alpha value is -2.15. The van der Waals surface area contributed by atoms with Crippen molar-refractivity contribution in [3.05, 3.63) is 35.1 Å². The summed E-state index contributed by atoms with van der Waals surface area (Å²) in [5, 5.41) is 11.4. The number of amides is 1. The number of amidine groups is 1. The number of carbonyl (C=O) groups excluding carboxylic acids is 1. The van der Waals surface area contributed by atoms with Gasteiger partial charge in [0.05, 0.1) is 12.2 Å². The van der Waals surface area contributed by atoms with Gasteiger partial charge in [-0.2, -0.15) is 0 Å². The summed E-state index contributed by atoms with van der Waals surface area (Å²) in [7, 11) is 1.51. The number of oxime groups is 1. The van der Waals surface area contributed by atoms with Gasteiger partial charge in [-0.1, -0.05) is 11.2 Å². The third-order valence-corrected chi connectivity index (χ3v) is 2.97. The number of rotatable bonds is 7. The van der Waals surface area contributed by atoms with Crippen LogP contribution in [0.3, 0.4) is 0 Å². The number of benzene rings is 1. The maximum atomic E-state index is 13.9. The molecule has 0 aliphatic rings. The Morgan fingerprint density at radius 2 is 2.19 bits per heavy atom. The predicted octanol–water partition coefficient (Wildman–Crippen LogP) is 1.36. The molecule has 0 saturated heterocycles. The van der Waals surface area contributed by atoms with Crippen molar-refractivity contribution >= 4 is 11.7 Å². The molecular weight excluding hydrogens is 277 g/mol. The quantitative estimate of drug-likeness (QED) is 0.344. The van der Waals surface area contributed by atoms with Crippen LogP contribution in [0.1, 0.15) is 22.3 Å². The van der Waals surface area contributed by atoms with Crippen LogP contribution in [0, 0.1) is 12.7 Å². The van der Waals surface area contributed by atoms with Gasteiger partial charge in [-0.05, 0) is 24.6 Å². The van der Waals surface area contributed by atoms with E-state index in [-0.39, 0.29) is 24.4 Å². The molecule has 0 unspecified atom stereocenters. The van der Waals surface area contributed by atoms with Crippen LogP contribution in [0.25, 0.3) is 0 Å². The Kier molecular flexibility index (Phi) is 6.61. The molecule has 0 aliphatic carbocycles. The Balaban J connectivity index is 2.87. The van der Waals surface area contributed by atoms with Crippen LogP contribution in [0.2, 0.25) is 0 Å². The highest BCUT2D eigenvalue weighted by atomic mass is 19.1. The average molecular weight is 297 g/mol. The molecule has 7 heteroatoms. The van der Waals surface area contributed by atoms with E-state index >= 15 is 0 Å². The molecule has 1 aromatic rings. The Morgan fingerprint density at radius 3 is 2.76 bits per heavy atom. The molecule has 0 bridgehead atoms. The minimum Gasteiger partial charge on any atom is -0.409 e. The molecule has 0 atom stereocenters. The maximum absolute atomic E-state index is 13.9. The molecular formula is C14H20FN3O3. The van der Waals surface area contributed by atoms with E-state index in [1.807, 2.05) is 0 Å². The summed E-state index contributed by atoms with van der Waals surface area (Å²) in [5.74, 6) is -1.00. The van der Waals surface area contributed by atoms with Crippen molar-refractivity contribution in [2.24, 2.45) is 10.9 Å². The van der Waals surface area contributed by atoms with Crippen LogP contribution in [0.5, 0.6) is 0 Å². The molecule has 0 radical (unpaired) electrons.